The fourth-order valence-corrected chi connectivity index (χ4v) is 3.62. The molecule has 0 aromatic heterocycles. The first kappa shape index (κ1) is 13.1. The van der Waals surface area contributed by atoms with Crippen LogP contribution in [-0.4, -0.2) is 5.11 Å². The number of hydrogen-bond donors (Lipinski definition) is 1. The summed E-state index contributed by atoms with van der Waals surface area (Å²) < 4.78 is 1.04. The quantitative estimate of drug-likeness (QED) is 0.844. The first-order valence-corrected chi connectivity index (χ1v) is 7.31. The van der Waals surface area contributed by atoms with Crippen molar-refractivity contribution in [2.24, 2.45) is 11.8 Å². The number of hydrogen-bond acceptors (Lipinski definition) is 1. The highest BCUT2D eigenvalue weighted by Crippen LogP contribution is 2.39. The van der Waals surface area contributed by atoms with Crippen LogP contribution < -0.4 is 0 Å². The van der Waals surface area contributed by atoms with Crippen molar-refractivity contribution >= 4 is 15.9 Å². The molecule has 3 unspecified atom stereocenters. The van der Waals surface area contributed by atoms with E-state index in [-0.39, 0.29) is 6.10 Å². The van der Waals surface area contributed by atoms with E-state index in [0.717, 1.165) is 28.8 Å². The number of rotatable bonds is 2. The van der Waals surface area contributed by atoms with Crippen LogP contribution >= 0.6 is 15.9 Å². The van der Waals surface area contributed by atoms with Gasteiger partial charge in [-0.25, -0.2) is 0 Å². The number of aliphatic hydroxyl groups excluding tert-OH is 1. The third-order valence-electron chi connectivity index (χ3n) is 3.90. The molecule has 1 aliphatic rings. The van der Waals surface area contributed by atoms with Crippen molar-refractivity contribution in [3.63, 3.8) is 0 Å². The van der Waals surface area contributed by atoms with Crippen LogP contribution in [0.3, 0.4) is 0 Å². The summed E-state index contributed by atoms with van der Waals surface area (Å²) in [5, 5.41) is 10.5. The summed E-state index contributed by atoms with van der Waals surface area (Å²) in [5.41, 5.74) is 2.28. The molecule has 0 spiro atoms. The molecule has 0 radical (unpaired) electrons. The van der Waals surface area contributed by atoms with Crippen LogP contribution in [0.4, 0.5) is 0 Å². The van der Waals surface area contributed by atoms with Crippen LogP contribution in [0.25, 0.3) is 0 Å². The van der Waals surface area contributed by atoms with Crippen molar-refractivity contribution in [2.45, 2.75) is 45.6 Å². The molecule has 1 aromatic rings. The maximum absolute atomic E-state index is 10.5. The van der Waals surface area contributed by atoms with Gasteiger partial charge in [-0.2, -0.15) is 0 Å². The number of benzene rings is 1. The molecule has 3 atom stereocenters. The Labute approximate surface area is 112 Å². The molecule has 94 valence electrons. The van der Waals surface area contributed by atoms with Crippen molar-refractivity contribution in [1.29, 1.82) is 0 Å². The average molecular weight is 297 g/mol. The standard InChI is InChI=1S/C15H21BrO/c1-10-4-3-5-12(8-10)15(17)13-7-6-11(2)9-14(13)16/h6-7,9-10,12,15,17H,3-5,8H2,1-2H3. The van der Waals surface area contributed by atoms with Gasteiger partial charge < -0.3 is 5.11 Å². The minimum atomic E-state index is -0.312. The highest BCUT2D eigenvalue weighted by Gasteiger charge is 2.27. The number of halogens is 1. The van der Waals surface area contributed by atoms with E-state index in [0.29, 0.717) is 5.92 Å². The normalized spacial score (nSPS) is 26.8. The van der Waals surface area contributed by atoms with Gasteiger partial charge in [0.15, 0.2) is 0 Å². The largest absolute Gasteiger partial charge is 0.388 e. The predicted octanol–water partition coefficient (Wildman–Crippen LogP) is 4.62. The Bertz CT molecular complexity index is 389. The second kappa shape index (κ2) is 5.53. The highest BCUT2D eigenvalue weighted by atomic mass is 79.9. The van der Waals surface area contributed by atoms with Crippen molar-refractivity contribution in [3.8, 4) is 0 Å². The van der Waals surface area contributed by atoms with Gasteiger partial charge in [-0.05, 0) is 48.8 Å². The molecule has 1 N–H and O–H groups in total. The molecule has 2 rings (SSSR count). The number of aryl methyl sites for hydroxylation is 1. The van der Waals surface area contributed by atoms with E-state index in [1.54, 1.807) is 0 Å². The van der Waals surface area contributed by atoms with E-state index >= 15 is 0 Å². The first-order valence-electron chi connectivity index (χ1n) is 6.52. The van der Waals surface area contributed by atoms with E-state index in [2.05, 4.69) is 48.0 Å². The predicted molar refractivity (Wildman–Crippen MR) is 75.0 cm³/mol. The minimum absolute atomic E-state index is 0.312. The summed E-state index contributed by atoms with van der Waals surface area (Å²) in [6.07, 6.45) is 4.57. The molecule has 0 aliphatic heterocycles. The molecule has 1 nitrogen and oxygen atoms in total. The van der Waals surface area contributed by atoms with Gasteiger partial charge in [-0.1, -0.05) is 47.8 Å². The average Bonchev–Trinajstić information content (AvgIpc) is 2.28. The van der Waals surface area contributed by atoms with Crippen LogP contribution in [0.15, 0.2) is 22.7 Å². The van der Waals surface area contributed by atoms with E-state index in [1.807, 2.05) is 0 Å². The lowest BCUT2D eigenvalue weighted by atomic mass is 9.78. The van der Waals surface area contributed by atoms with Gasteiger partial charge in [-0.15, -0.1) is 0 Å². The molecular weight excluding hydrogens is 276 g/mol. The van der Waals surface area contributed by atoms with E-state index in [9.17, 15) is 5.11 Å². The molecule has 1 aliphatic carbocycles. The van der Waals surface area contributed by atoms with Gasteiger partial charge in [0.05, 0.1) is 6.10 Å². The Morgan fingerprint density at radius 3 is 2.76 bits per heavy atom. The Hall–Kier alpha value is -0.340. The zero-order valence-electron chi connectivity index (χ0n) is 10.6. The van der Waals surface area contributed by atoms with Crippen LogP contribution in [0.1, 0.15) is 49.8 Å². The molecule has 17 heavy (non-hydrogen) atoms. The topological polar surface area (TPSA) is 20.2 Å². The molecule has 0 bridgehead atoms. The maximum atomic E-state index is 10.5. The molecule has 0 heterocycles. The lowest BCUT2D eigenvalue weighted by Crippen LogP contribution is -2.20. The summed E-state index contributed by atoms with van der Waals surface area (Å²) in [6, 6.07) is 6.23. The van der Waals surface area contributed by atoms with Crippen LogP contribution in [-0.2, 0) is 0 Å². The van der Waals surface area contributed by atoms with Crippen molar-refractivity contribution in [2.75, 3.05) is 0 Å². The third kappa shape index (κ3) is 3.11. The van der Waals surface area contributed by atoms with Gasteiger partial charge in [0.2, 0.25) is 0 Å². The number of aliphatic hydroxyl groups is 1. The Morgan fingerprint density at radius 1 is 1.35 bits per heavy atom. The third-order valence-corrected chi connectivity index (χ3v) is 4.58. The lowest BCUT2D eigenvalue weighted by molar-refractivity contribution is 0.0708. The van der Waals surface area contributed by atoms with Gasteiger partial charge in [0.1, 0.15) is 0 Å². The lowest BCUT2D eigenvalue weighted by Gasteiger charge is -2.31. The van der Waals surface area contributed by atoms with Gasteiger partial charge >= 0.3 is 0 Å². The molecule has 1 fully saturated rings. The molecule has 0 saturated heterocycles. The molecule has 1 aromatic carbocycles. The Morgan fingerprint density at radius 2 is 2.12 bits per heavy atom. The monoisotopic (exact) mass is 296 g/mol. The fraction of sp³-hybridized carbons (Fsp3) is 0.600. The molecular formula is C15H21BrO. The second-order valence-electron chi connectivity index (χ2n) is 5.50. The minimum Gasteiger partial charge on any atom is -0.388 e. The summed E-state index contributed by atoms with van der Waals surface area (Å²) >= 11 is 3.57. The van der Waals surface area contributed by atoms with Crippen LogP contribution in [0.5, 0.6) is 0 Å². The van der Waals surface area contributed by atoms with Crippen molar-refractivity contribution in [1.82, 2.24) is 0 Å². The summed E-state index contributed by atoms with van der Waals surface area (Å²) in [4.78, 5) is 0. The second-order valence-corrected chi connectivity index (χ2v) is 6.36. The zero-order valence-corrected chi connectivity index (χ0v) is 12.2. The van der Waals surface area contributed by atoms with Crippen LogP contribution in [0.2, 0.25) is 0 Å². The van der Waals surface area contributed by atoms with E-state index < -0.39 is 0 Å². The van der Waals surface area contributed by atoms with Gasteiger partial charge in [-0.3, -0.25) is 0 Å². The van der Waals surface area contributed by atoms with Crippen LogP contribution in [0, 0.1) is 18.8 Å². The van der Waals surface area contributed by atoms with Gasteiger partial charge in [0, 0.05) is 4.47 Å². The highest BCUT2D eigenvalue weighted by molar-refractivity contribution is 9.10. The summed E-state index contributed by atoms with van der Waals surface area (Å²) in [5.74, 6) is 1.19. The Kier molecular flexibility index (Phi) is 4.26. The molecule has 2 heteroatoms. The molecule has 1 saturated carbocycles. The zero-order chi connectivity index (χ0) is 12.4. The molecule has 0 amide bonds. The summed E-state index contributed by atoms with van der Waals surface area (Å²) in [7, 11) is 0. The van der Waals surface area contributed by atoms with E-state index in [4.69, 9.17) is 0 Å². The summed E-state index contributed by atoms with van der Waals surface area (Å²) in [6.45, 7) is 4.37. The van der Waals surface area contributed by atoms with Gasteiger partial charge in [0.25, 0.3) is 0 Å². The van der Waals surface area contributed by atoms with Crippen molar-refractivity contribution in [3.05, 3.63) is 33.8 Å². The maximum Gasteiger partial charge on any atom is 0.0829 e. The SMILES string of the molecule is Cc1ccc(C(O)C2CCCC(C)C2)c(Br)c1. The Balaban J connectivity index is 2.15. The fourth-order valence-electron chi connectivity index (χ4n) is 2.89. The van der Waals surface area contributed by atoms with E-state index in [1.165, 1.54) is 18.4 Å². The smallest absolute Gasteiger partial charge is 0.0829 e. The van der Waals surface area contributed by atoms with Crippen molar-refractivity contribution < 1.29 is 5.11 Å². The first-order chi connectivity index (χ1) is 8.08.